The molecule has 0 atom stereocenters. The molecule has 1 amide bonds. The fraction of sp³-hybridized carbons (Fsp3) is 0.417. The van der Waals surface area contributed by atoms with Crippen LogP contribution in [0, 0.1) is 5.82 Å². The summed E-state index contributed by atoms with van der Waals surface area (Å²) in [6.07, 6.45) is 0. The van der Waals surface area contributed by atoms with E-state index in [9.17, 15) is 9.18 Å². The number of carbonyl (C=O) groups is 1. The first-order valence-corrected chi connectivity index (χ1v) is 5.60. The van der Waals surface area contributed by atoms with Crippen LogP contribution in [0.4, 0.5) is 15.8 Å². The molecule has 0 radical (unpaired) electrons. The normalized spacial score (nSPS) is 10.0. The lowest BCUT2D eigenvalue weighted by Crippen LogP contribution is -2.32. The first-order chi connectivity index (χ1) is 8.49. The lowest BCUT2D eigenvalue weighted by atomic mass is 10.2. The third kappa shape index (κ3) is 3.26. The number of nitrogens with zero attached hydrogens (tertiary/aromatic N) is 1. The zero-order chi connectivity index (χ0) is 13.7. The van der Waals surface area contributed by atoms with E-state index < -0.39 is 5.82 Å². The van der Waals surface area contributed by atoms with E-state index in [1.807, 2.05) is 6.92 Å². The predicted molar refractivity (Wildman–Crippen MR) is 69.2 cm³/mol. The first-order valence-electron chi connectivity index (χ1n) is 5.60. The summed E-state index contributed by atoms with van der Waals surface area (Å²) in [4.78, 5) is 13.2. The van der Waals surface area contributed by atoms with Crippen molar-refractivity contribution in [3.63, 3.8) is 0 Å². The Balaban J connectivity index is 2.76. The molecule has 0 saturated carbocycles. The van der Waals surface area contributed by atoms with Gasteiger partial charge in [0.1, 0.15) is 0 Å². The largest absolute Gasteiger partial charge is 0.494 e. The molecular weight excluding hydrogens is 237 g/mol. The summed E-state index contributed by atoms with van der Waals surface area (Å²) in [6.45, 7) is 2.61. The highest BCUT2D eigenvalue weighted by molar-refractivity contribution is 5.82. The summed E-state index contributed by atoms with van der Waals surface area (Å²) in [7, 11) is 3.08. The van der Waals surface area contributed by atoms with E-state index in [2.05, 4.69) is 5.32 Å². The van der Waals surface area contributed by atoms with Crippen molar-refractivity contribution in [2.45, 2.75) is 6.92 Å². The van der Waals surface area contributed by atoms with Gasteiger partial charge >= 0.3 is 0 Å². The standard InChI is InChI=1S/C12H18FN3O2/c1-4-16(2)12(17)7-15-10-6-11(18-3)8(13)5-9(10)14/h5-6,15H,4,7,14H2,1-3H3. The Morgan fingerprint density at radius 1 is 1.56 bits per heavy atom. The van der Waals surface area contributed by atoms with Crippen LogP contribution in [0.2, 0.25) is 0 Å². The third-order valence-electron chi connectivity index (χ3n) is 2.65. The molecule has 1 rings (SSSR count). The lowest BCUT2D eigenvalue weighted by molar-refractivity contribution is -0.127. The molecule has 3 N–H and O–H groups in total. The molecule has 5 nitrogen and oxygen atoms in total. The van der Waals surface area contributed by atoms with E-state index in [4.69, 9.17) is 10.5 Å². The quantitative estimate of drug-likeness (QED) is 0.778. The average molecular weight is 255 g/mol. The summed E-state index contributed by atoms with van der Waals surface area (Å²) in [5.41, 5.74) is 6.37. The van der Waals surface area contributed by atoms with Crippen LogP contribution in [0.1, 0.15) is 6.92 Å². The minimum absolute atomic E-state index is 0.0693. The van der Waals surface area contributed by atoms with E-state index in [1.165, 1.54) is 13.2 Å². The van der Waals surface area contributed by atoms with Crippen LogP contribution < -0.4 is 15.8 Å². The van der Waals surface area contributed by atoms with Crippen LogP contribution >= 0.6 is 0 Å². The summed E-state index contributed by atoms with van der Waals surface area (Å²) in [6, 6.07) is 2.60. The number of ether oxygens (including phenoxy) is 1. The highest BCUT2D eigenvalue weighted by Gasteiger charge is 2.10. The van der Waals surface area contributed by atoms with E-state index in [-0.39, 0.29) is 23.9 Å². The van der Waals surface area contributed by atoms with Crippen LogP contribution in [0.15, 0.2) is 12.1 Å². The van der Waals surface area contributed by atoms with Crippen LogP contribution in [0.5, 0.6) is 5.75 Å². The van der Waals surface area contributed by atoms with E-state index in [1.54, 1.807) is 11.9 Å². The average Bonchev–Trinajstić information content (AvgIpc) is 2.36. The van der Waals surface area contributed by atoms with Crippen LogP contribution in [0.25, 0.3) is 0 Å². The summed E-state index contributed by atoms with van der Waals surface area (Å²) in [5.74, 6) is -0.513. The maximum atomic E-state index is 13.3. The van der Waals surface area contributed by atoms with Crippen molar-refractivity contribution < 1.29 is 13.9 Å². The van der Waals surface area contributed by atoms with Crippen molar-refractivity contribution in [1.82, 2.24) is 4.90 Å². The number of likely N-dealkylation sites (N-methyl/N-ethyl adjacent to an activating group) is 1. The number of benzene rings is 1. The van der Waals surface area contributed by atoms with Crippen molar-refractivity contribution in [3.05, 3.63) is 17.9 Å². The smallest absolute Gasteiger partial charge is 0.241 e. The molecule has 0 aliphatic rings. The predicted octanol–water partition coefficient (Wildman–Crippen LogP) is 1.31. The molecule has 6 heteroatoms. The Morgan fingerprint density at radius 2 is 2.22 bits per heavy atom. The number of amides is 1. The number of hydrogen-bond donors (Lipinski definition) is 2. The number of nitrogens with two attached hydrogens (primary N) is 1. The zero-order valence-electron chi connectivity index (χ0n) is 10.8. The molecular formula is C12H18FN3O2. The monoisotopic (exact) mass is 255 g/mol. The molecule has 0 spiro atoms. The number of carbonyl (C=O) groups excluding carboxylic acids is 1. The molecule has 1 aromatic rings. The molecule has 0 aromatic heterocycles. The number of rotatable bonds is 5. The molecule has 0 saturated heterocycles. The maximum Gasteiger partial charge on any atom is 0.241 e. The van der Waals surface area contributed by atoms with Gasteiger partial charge in [-0.2, -0.15) is 0 Å². The number of methoxy groups -OCH3 is 1. The van der Waals surface area contributed by atoms with Crippen molar-refractivity contribution in [2.75, 3.05) is 38.3 Å². The van der Waals surface area contributed by atoms with Gasteiger partial charge in [0.25, 0.3) is 0 Å². The fourth-order valence-corrected chi connectivity index (χ4v) is 1.36. The Labute approximate surface area is 106 Å². The Hall–Kier alpha value is -1.98. The maximum absolute atomic E-state index is 13.3. The molecule has 18 heavy (non-hydrogen) atoms. The van der Waals surface area contributed by atoms with Gasteiger partial charge in [0, 0.05) is 25.7 Å². The van der Waals surface area contributed by atoms with Gasteiger partial charge in [-0.15, -0.1) is 0 Å². The highest BCUT2D eigenvalue weighted by atomic mass is 19.1. The Bertz CT molecular complexity index is 438. The fourth-order valence-electron chi connectivity index (χ4n) is 1.36. The topological polar surface area (TPSA) is 67.6 Å². The van der Waals surface area contributed by atoms with Crippen molar-refractivity contribution in [3.8, 4) is 5.75 Å². The highest BCUT2D eigenvalue weighted by Crippen LogP contribution is 2.27. The number of nitrogens with one attached hydrogen (secondary N) is 1. The zero-order valence-corrected chi connectivity index (χ0v) is 10.8. The van der Waals surface area contributed by atoms with Crippen molar-refractivity contribution >= 4 is 17.3 Å². The van der Waals surface area contributed by atoms with Gasteiger partial charge in [-0.05, 0) is 6.92 Å². The lowest BCUT2D eigenvalue weighted by Gasteiger charge is -2.16. The number of halogens is 1. The molecule has 100 valence electrons. The van der Waals surface area contributed by atoms with Gasteiger partial charge in [-0.1, -0.05) is 0 Å². The molecule has 0 fully saturated rings. The van der Waals surface area contributed by atoms with E-state index in [0.717, 1.165) is 6.07 Å². The minimum Gasteiger partial charge on any atom is -0.494 e. The van der Waals surface area contributed by atoms with Gasteiger partial charge in [0.05, 0.1) is 25.0 Å². The second-order valence-electron chi connectivity index (χ2n) is 3.84. The van der Waals surface area contributed by atoms with Crippen molar-refractivity contribution in [1.29, 1.82) is 0 Å². The summed E-state index contributed by atoms with van der Waals surface area (Å²) < 4.78 is 18.2. The second-order valence-corrected chi connectivity index (χ2v) is 3.84. The Kier molecular flexibility index (Phi) is 4.76. The van der Waals surface area contributed by atoms with Crippen molar-refractivity contribution in [2.24, 2.45) is 0 Å². The third-order valence-corrected chi connectivity index (χ3v) is 2.65. The molecule has 1 aromatic carbocycles. The molecule has 0 bridgehead atoms. The van der Waals surface area contributed by atoms with Crippen LogP contribution in [0.3, 0.4) is 0 Å². The van der Waals surface area contributed by atoms with Crippen LogP contribution in [-0.2, 0) is 4.79 Å². The SMILES string of the molecule is CCN(C)C(=O)CNc1cc(OC)c(F)cc1N. The number of nitrogen functional groups attached to an aromatic ring is 1. The summed E-state index contributed by atoms with van der Waals surface area (Å²) in [5, 5.41) is 2.87. The molecule has 0 aliphatic heterocycles. The van der Waals surface area contributed by atoms with Crippen LogP contribution in [-0.4, -0.2) is 38.1 Å². The minimum atomic E-state index is -0.530. The molecule has 0 unspecified atom stereocenters. The van der Waals surface area contributed by atoms with Gasteiger partial charge in [-0.25, -0.2) is 4.39 Å². The van der Waals surface area contributed by atoms with Gasteiger partial charge in [0.2, 0.25) is 5.91 Å². The van der Waals surface area contributed by atoms with Gasteiger partial charge < -0.3 is 20.7 Å². The van der Waals surface area contributed by atoms with E-state index >= 15 is 0 Å². The number of anilines is 2. The molecule has 0 aliphatic carbocycles. The Morgan fingerprint density at radius 3 is 2.78 bits per heavy atom. The van der Waals surface area contributed by atoms with Gasteiger partial charge in [0.15, 0.2) is 11.6 Å². The number of hydrogen-bond acceptors (Lipinski definition) is 4. The summed E-state index contributed by atoms with van der Waals surface area (Å²) >= 11 is 0. The first kappa shape index (κ1) is 14.1. The van der Waals surface area contributed by atoms with Gasteiger partial charge in [-0.3, -0.25) is 4.79 Å². The van der Waals surface area contributed by atoms with E-state index in [0.29, 0.717) is 12.2 Å². The second kappa shape index (κ2) is 6.09. The molecule has 0 heterocycles.